The Morgan fingerprint density at radius 1 is 0.948 bits per heavy atom. The van der Waals surface area contributed by atoms with Crippen molar-refractivity contribution in [2.24, 2.45) is 7.05 Å². The van der Waals surface area contributed by atoms with Gasteiger partial charge in [-0.3, -0.25) is 33.4 Å². The fraction of sp³-hybridized carbons (Fsp3) is 0.179. The van der Waals surface area contributed by atoms with Crippen LogP contribution in [0.3, 0.4) is 0 Å². The Morgan fingerprint density at radius 3 is 2.36 bits per heavy atom. The molecule has 58 heavy (non-hydrogen) atoms. The van der Waals surface area contributed by atoms with E-state index in [0.29, 0.717) is 28.8 Å². The van der Waals surface area contributed by atoms with Gasteiger partial charge in [0.05, 0.1) is 51.2 Å². The first kappa shape index (κ1) is 40.5. The molecule has 4 aromatic heterocycles. The number of benzene rings is 2. The Hall–Kier alpha value is -7.15. The largest absolute Gasteiger partial charge is 0.461 e. The van der Waals surface area contributed by atoms with Crippen LogP contribution in [0.1, 0.15) is 29.9 Å². The van der Waals surface area contributed by atoms with E-state index in [9.17, 15) is 32.4 Å². The molecule has 0 aliphatic heterocycles. The van der Waals surface area contributed by atoms with Crippen LogP contribution in [0, 0.1) is 11.6 Å². The summed E-state index contributed by atoms with van der Waals surface area (Å²) in [6.07, 6.45) is 7.48. The van der Waals surface area contributed by atoms with Gasteiger partial charge in [-0.15, -0.1) is 6.58 Å². The van der Waals surface area contributed by atoms with Crippen LogP contribution in [-0.2, 0) is 39.6 Å². The molecule has 0 bridgehead atoms. The van der Waals surface area contributed by atoms with Crippen molar-refractivity contribution in [2.75, 3.05) is 4.72 Å². The molecule has 1 atom stereocenters. The zero-order valence-electron chi connectivity index (χ0n) is 31.0. The van der Waals surface area contributed by atoms with Crippen molar-refractivity contribution in [3.63, 3.8) is 0 Å². The number of aryl methyl sites for hydroxylation is 1. The quantitative estimate of drug-likeness (QED) is 0.128. The average Bonchev–Trinajstić information content (AvgIpc) is 3.19. The zero-order chi connectivity index (χ0) is 41.9. The van der Waals surface area contributed by atoms with Crippen LogP contribution in [0.2, 0.25) is 0 Å². The summed E-state index contributed by atoms with van der Waals surface area (Å²) in [5.41, 5.74) is -1.73. The smallest absolute Gasteiger partial charge is 0.347 e. The minimum Gasteiger partial charge on any atom is -0.461 e. The van der Waals surface area contributed by atoms with E-state index in [1.54, 1.807) is 13.8 Å². The number of sulfonamides is 1. The summed E-state index contributed by atoms with van der Waals surface area (Å²) < 4.78 is 67.8. The van der Waals surface area contributed by atoms with Crippen LogP contribution in [0.5, 0.6) is 0 Å². The maximum Gasteiger partial charge on any atom is 0.347 e. The van der Waals surface area contributed by atoms with Gasteiger partial charge in [-0.1, -0.05) is 18.2 Å². The van der Waals surface area contributed by atoms with Crippen molar-refractivity contribution in [3.8, 4) is 16.8 Å². The lowest BCUT2D eigenvalue weighted by atomic mass is 10.1. The van der Waals surface area contributed by atoms with Crippen LogP contribution in [0.15, 0.2) is 118 Å². The molecule has 19 heteroatoms. The SMILES string of the molecule is C=CCn1cc(-c2ccc(S(=O)(=O)Nc3cc(F)c(C(=O)N[C@@H](Cc4ccc(-n5c(=O)c6ccncc6n(C)c5=O)cn4)C(=O)OC(C)C)cc3F)cc2)cnc1=O. The van der Waals surface area contributed by atoms with Crippen molar-refractivity contribution in [1.29, 1.82) is 0 Å². The Bertz CT molecular complexity index is 2880. The summed E-state index contributed by atoms with van der Waals surface area (Å²) in [6, 6.07) is 9.12. The molecular weight excluding hydrogens is 779 g/mol. The summed E-state index contributed by atoms with van der Waals surface area (Å²) in [5.74, 6) is -4.76. The number of amides is 1. The Balaban J connectivity index is 1.19. The maximum atomic E-state index is 15.4. The molecule has 0 aliphatic carbocycles. The number of ether oxygens (including phenoxy) is 1. The molecule has 6 aromatic rings. The lowest BCUT2D eigenvalue weighted by molar-refractivity contribution is -0.149. The van der Waals surface area contributed by atoms with Crippen molar-refractivity contribution >= 4 is 38.5 Å². The highest BCUT2D eigenvalue weighted by molar-refractivity contribution is 7.92. The van der Waals surface area contributed by atoms with Crippen LogP contribution in [0.4, 0.5) is 14.5 Å². The normalized spacial score (nSPS) is 12.0. The molecule has 0 fully saturated rings. The predicted molar refractivity (Wildman–Crippen MR) is 208 cm³/mol. The van der Waals surface area contributed by atoms with Crippen molar-refractivity contribution < 1.29 is 31.5 Å². The second-order valence-electron chi connectivity index (χ2n) is 13.1. The van der Waals surface area contributed by atoms with E-state index in [-0.39, 0.29) is 34.6 Å². The van der Waals surface area contributed by atoms with E-state index in [2.05, 4.69) is 26.8 Å². The number of allylic oxidation sites excluding steroid dienone is 1. The monoisotopic (exact) mass is 812 g/mol. The minimum absolute atomic E-state index is 0.116. The van der Waals surface area contributed by atoms with Gasteiger partial charge >= 0.3 is 17.3 Å². The van der Waals surface area contributed by atoms with E-state index in [0.717, 1.165) is 4.57 Å². The van der Waals surface area contributed by atoms with Crippen molar-refractivity contribution in [2.45, 2.75) is 43.9 Å². The van der Waals surface area contributed by atoms with Gasteiger partial charge < -0.3 is 10.1 Å². The van der Waals surface area contributed by atoms with Gasteiger partial charge in [-0.2, -0.15) is 0 Å². The lowest BCUT2D eigenvalue weighted by Gasteiger charge is -2.20. The third-order valence-electron chi connectivity index (χ3n) is 8.72. The molecular formula is C39H34F2N8O8S. The minimum atomic E-state index is -4.47. The van der Waals surface area contributed by atoms with Gasteiger partial charge in [0.2, 0.25) is 0 Å². The molecule has 0 radical (unpaired) electrons. The predicted octanol–water partition coefficient (Wildman–Crippen LogP) is 3.26. The zero-order valence-corrected chi connectivity index (χ0v) is 31.9. The van der Waals surface area contributed by atoms with E-state index in [4.69, 9.17) is 4.74 Å². The number of carbonyl (C=O) groups excluding carboxylic acids is 2. The molecule has 2 N–H and O–H groups in total. The standard InChI is InChI=1S/C39H34F2N8O8S/c1-5-14-48-21-24(18-44-38(48)53)23-6-10-27(11-7-23)58(55,56)46-32-17-30(40)29(16-31(32)41)35(50)45-33(37(52)57-22(2)3)15-25-8-9-26(19-43-25)49-36(51)28-12-13-42-20-34(28)47(4)39(49)54/h5-13,16-22,33,46H,1,14-15H2,2-4H3,(H,45,50)/t33-/m0/s1. The van der Waals surface area contributed by atoms with Gasteiger partial charge in [0.1, 0.15) is 17.7 Å². The van der Waals surface area contributed by atoms with Gasteiger partial charge in [0.15, 0.2) is 0 Å². The van der Waals surface area contributed by atoms with Crippen molar-refractivity contribution in [1.82, 2.24) is 34.0 Å². The first-order chi connectivity index (χ1) is 27.6. The van der Waals surface area contributed by atoms with E-state index < -0.39 is 73.9 Å². The van der Waals surface area contributed by atoms with E-state index in [1.807, 2.05) is 4.72 Å². The molecule has 0 saturated heterocycles. The molecule has 298 valence electrons. The average molecular weight is 813 g/mol. The van der Waals surface area contributed by atoms with E-state index >= 15 is 8.78 Å². The highest BCUT2D eigenvalue weighted by atomic mass is 32.2. The first-order valence-corrected chi connectivity index (χ1v) is 18.9. The third kappa shape index (κ3) is 8.48. The van der Waals surface area contributed by atoms with Gasteiger partial charge in [0, 0.05) is 55.9 Å². The molecule has 0 spiro atoms. The Kier molecular flexibility index (Phi) is 11.5. The van der Waals surface area contributed by atoms with Crippen LogP contribution in [-0.4, -0.2) is 61.1 Å². The van der Waals surface area contributed by atoms with Crippen molar-refractivity contribution in [3.05, 3.63) is 152 Å². The number of aromatic nitrogens is 6. The van der Waals surface area contributed by atoms with Crippen LogP contribution >= 0.6 is 0 Å². The van der Waals surface area contributed by atoms with Gasteiger partial charge in [0.25, 0.3) is 21.5 Å². The van der Waals surface area contributed by atoms with Crippen LogP contribution < -0.4 is 27.0 Å². The molecule has 16 nitrogen and oxygen atoms in total. The number of carbonyl (C=O) groups is 2. The topological polar surface area (TPSA) is 206 Å². The number of pyridine rings is 2. The summed E-state index contributed by atoms with van der Waals surface area (Å²) in [4.78, 5) is 76.3. The number of fused-ring (bicyclic) bond motifs is 1. The fourth-order valence-corrected chi connectivity index (χ4v) is 6.91. The van der Waals surface area contributed by atoms with Crippen LogP contribution in [0.25, 0.3) is 27.7 Å². The molecule has 0 unspecified atom stereocenters. The molecule has 0 saturated carbocycles. The number of anilines is 1. The molecule has 2 aromatic carbocycles. The van der Waals surface area contributed by atoms with Gasteiger partial charge in [-0.25, -0.2) is 41.1 Å². The molecule has 4 heterocycles. The lowest BCUT2D eigenvalue weighted by Crippen LogP contribution is -2.44. The number of rotatable bonds is 13. The maximum absolute atomic E-state index is 15.4. The Morgan fingerprint density at radius 2 is 1.69 bits per heavy atom. The third-order valence-corrected chi connectivity index (χ3v) is 10.1. The number of hydrogen-bond donors (Lipinski definition) is 2. The highest BCUT2D eigenvalue weighted by Crippen LogP contribution is 2.25. The molecule has 1 amide bonds. The summed E-state index contributed by atoms with van der Waals surface area (Å²) >= 11 is 0. The highest BCUT2D eigenvalue weighted by Gasteiger charge is 2.28. The Labute approximate surface area is 328 Å². The van der Waals surface area contributed by atoms with Gasteiger partial charge in [-0.05, 0) is 55.8 Å². The number of esters is 1. The molecule has 0 aliphatic rings. The number of nitrogens with zero attached hydrogens (tertiary/aromatic N) is 6. The first-order valence-electron chi connectivity index (χ1n) is 17.4. The number of halogens is 2. The summed E-state index contributed by atoms with van der Waals surface area (Å²) in [7, 11) is -2.99. The fourth-order valence-electron chi connectivity index (χ4n) is 5.85. The van der Waals surface area contributed by atoms with E-state index in [1.165, 1.54) is 95.7 Å². The summed E-state index contributed by atoms with van der Waals surface area (Å²) in [5, 5.41) is 2.57. The second-order valence-corrected chi connectivity index (χ2v) is 14.8. The number of nitrogens with one attached hydrogen (secondary N) is 2. The number of hydrogen-bond acceptors (Lipinski definition) is 11. The second kappa shape index (κ2) is 16.5. The molecule has 6 rings (SSSR count). The summed E-state index contributed by atoms with van der Waals surface area (Å²) in [6.45, 7) is 6.93.